The maximum atomic E-state index is 12.1. The highest BCUT2D eigenvalue weighted by Gasteiger charge is 2.40. The molecule has 3 atom stereocenters. The Kier molecular flexibility index (Phi) is 4.45. The van der Waals surface area contributed by atoms with Crippen molar-refractivity contribution < 1.29 is 4.79 Å². The lowest BCUT2D eigenvalue weighted by molar-refractivity contribution is -0.125. The first-order valence-corrected chi connectivity index (χ1v) is 7.22. The molecule has 1 fully saturated rings. The lowest BCUT2D eigenvalue weighted by Gasteiger charge is -2.35. The minimum atomic E-state index is -0.825. The van der Waals surface area contributed by atoms with Crippen molar-refractivity contribution in [3.8, 4) is 0 Å². The Morgan fingerprint density at radius 3 is 2.50 bits per heavy atom. The fraction of sp³-hybridized carbons (Fsp3) is 0.562. The molecule has 110 valence electrons. The second-order valence-electron chi connectivity index (χ2n) is 6.06. The molecule has 0 aromatic heterocycles. The van der Waals surface area contributed by atoms with Crippen LogP contribution in [0.1, 0.15) is 18.9 Å². The molecule has 4 heteroatoms. The Labute approximate surface area is 121 Å². The molecule has 4 nitrogen and oxygen atoms in total. The minimum absolute atomic E-state index is 0.332. The monoisotopic (exact) mass is 275 g/mol. The van der Waals surface area contributed by atoms with Crippen LogP contribution in [0.25, 0.3) is 0 Å². The molecule has 1 aromatic carbocycles. The summed E-state index contributed by atoms with van der Waals surface area (Å²) >= 11 is 0. The van der Waals surface area contributed by atoms with Crippen LogP contribution >= 0.6 is 0 Å². The van der Waals surface area contributed by atoms with Crippen LogP contribution in [0.2, 0.25) is 0 Å². The fourth-order valence-corrected chi connectivity index (χ4v) is 2.90. The third kappa shape index (κ3) is 3.02. The van der Waals surface area contributed by atoms with Gasteiger partial charge in [0.1, 0.15) is 5.54 Å². The Balaban J connectivity index is 2.16. The summed E-state index contributed by atoms with van der Waals surface area (Å²) in [7, 11) is 3.86. The van der Waals surface area contributed by atoms with Gasteiger partial charge in [-0.15, -0.1) is 0 Å². The van der Waals surface area contributed by atoms with Gasteiger partial charge in [-0.05, 0) is 37.9 Å². The smallest absolute Gasteiger partial charge is 0.243 e. The van der Waals surface area contributed by atoms with E-state index < -0.39 is 5.54 Å². The van der Waals surface area contributed by atoms with Gasteiger partial charge < -0.3 is 16.0 Å². The van der Waals surface area contributed by atoms with E-state index in [0.29, 0.717) is 6.54 Å². The number of rotatable bonds is 7. The van der Waals surface area contributed by atoms with Crippen LogP contribution in [0.3, 0.4) is 0 Å². The maximum Gasteiger partial charge on any atom is 0.243 e. The first kappa shape index (κ1) is 15.0. The summed E-state index contributed by atoms with van der Waals surface area (Å²) in [5, 5.41) is 3.15. The van der Waals surface area contributed by atoms with Gasteiger partial charge in [-0.1, -0.05) is 37.3 Å². The summed E-state index contributed by atoms with van der Waals surface area (Å²) in [6, 6.07) is 9.73. The number of hydrogen-bond acceptors (Lipinski definition) is 3. The molecule has 0 spiro atoms. The fourth-order valence-electron chi connectivity index (χ4n) is 2.90. The van der Waals surface area contributed by atoms with Crippen LogP contribution in [-0.4, -0.2) is 38.0 Å². The van der Waals surface area contributed by atoms with Crippen molar-refractivity contribution in [2.75, 3.05) is 27.2 Å². The molecule has 0 bridgehead atoms. The standard InChI is InChI=1S/C16H25N3O/c1-12-9-13(12)10-19(3)11-16(18-2,15(17)20)14-7-5-4-6-8-14/h4-8,12-13,18H,9-11H2,1-3H3,(H2,17,20). The number of nitrogens with zero attached hydrogens (tertiary/aromatic N) is 1. The van der Waals surface area contributed by atoms with Crippen molar-refractivity contribution in [1.82, 2.24) is 10.2 Å². The molecule has 2 rings (SSSR count). The van der Waals surface area contributed by atoms with E-state index in [-0.39, 0.29) is 5.91 Å². The summed E-state index contributed by atoms with van der Waals surface area (Å²) in [5.74, 6) is 1.24. The molecule has 1 aromatic rings. The molecule has 3 N–H and O–H groups in total. The number of benzene rings is 1. The van der Waals surface area contributed by atoms with Crippen molar-refractivity contribution in [3.05, 3.63) is 35.9 Å². The van der Waals surface area contributed by atoms with Gasteiger partial charge in [0.15, 0.2) is 0 Å². The molecular formula is C16H25N3O. The van der Waals surface area contributed by atoms with Crippen LogP contribution in [-0.2, 0) is 10.3 Å². The van der Waals surface area contributed by atoms with Gasteiger partial charge in [0.2, 0.25) is 5.91 Å². The summed E-state index contributed by atoms with van der Waals surface area (Å²) in [5.41, 5.74) is 5.80. The highest BCUT2D eigenvalue weighted by Crippen LogP contribution is 2.38. The third-order valence-electron chi connectivity index (χ3n) is 4.44. The maximum absolute atomic E-state index is 12.1. The molecule has 0 saturated heterocycles. The number of amides is 1. The van der Waals surface area contributed by atoms with Crippen molar-refractivity contribution in [1.29, 1.82) is 0 Å². The van der Waals surface area contributed by atoms with Gasteiger partial charge in [0.05, 0.1) is 0 Å². The topological polar surface area (TPSA) is 58.4 Å². The lowest BCUT2D eigenvalue weighted by Crippen LogP contribution is -2.57. The largest absolute Gasteiger partial charge is 0.368 e. The third-order valence-corrected chi connectivity index (χ3v) is 4.44. The first-order valence-electron chi connectivity index (χ1n) is 7.22. The number of nitrogens with two attached hydrogens (primary N) is 1. The minimum Gasteiger partial charge on any atom is -0.368 e. The van der Waals surface area contributed by atoms with Gasteiger partial charge in [0, 0.05) is 13.1 Å². The summed E-state index contributed by atoms with van der Waals surface area (Å²) in [6.45, 7) is 3.88. The Bertz CT molecular complexity index is 462. The molecule has 1 amide bonds. The summed E-state index contributed by atoms with van der Waals surface area (Å²) < 4.78 is 0. The zero-order valence-corrected chi connectivity index (χ0v) is 12.6. The Morgan fingerprint density at radius 2 is 2.05 bits per heavy atom. The van der Waals surface area contributed by atoms with E-state index in [9.17, 15) is 4.79 Å². The van der Waals surface area contributed by atoms with E-state index in [1.165, 1.54) is 6.42 Å². The average Bonchev–Trinajstić information content (AvgIpc) is 3.12. The number of nitrogens with one attached hydrogen (secondary N) is 1. The predicted molar refractivity (Wildman–Crippen MR) is 81.1 cm³/mol. The second-order valence-corrected chi connectivity index (χ2v) is 6.06. The number of hydrogen-bond donors (Lipinski definition) is 2. The van der Waals surface area contributed by atoms with Crippen LogP contribution in [0.15, 0.2) is 30.3 Å². The van der Waals surface area contributed by atoms with Gasteiger partial charge in [-0.3, -0.25) is 4.79 Å². The van der Waals surface area contributed by atoms with Gasteiger partial charge in [-0.2, -0.15) is 0 Å². The van der Waals surface area contributed by atoms with Crippen molar-refractivity contribution in [3.63, 3.8) is 0 Å². The van der Waals surface area contributed by atoms with Crippen LogP contribution in [0.5, 0.6) is 0 Å². The molecule has 20 heavy (non-hydrogen) atoms. The van der Waals surface area contributed by atoms with E-state index in [1.807, 2.05) is 30.3 Å². The first-order chi connectivity index (χ1) is 9.49. The highest BCUT2D eigenvalue weighted by atomic mass is 16.1. The molecule has 3 unspecified atom stereocenters. The lowest BCUT2D eigenvalue weighted by atomic mass is 9.88. The second kappa shape index (κ2) is 5.94. The van der Waals surface area contributed by atoms with Crippen molar-refractivity contribution in [2.45, 2.75) is 18.9 Å². The molecule has 1 aliphatic rings. The zero-order chi connectivity index (χ0) is 14.8. The number of primary amides is 1. The number of carbonyl (C=O) groups is 1. The zero-order valence-electron chi connectivity index (χ0n) is 12.6. The highest BCUT2D eigenvalue weighted by molar-refractivity contribution is 5.86. The quantitative estimate of drug-likeness (QED) is 0.785. The van der Waals surface area contributed by atoms with Crippen molar-refractivity contribution >= 4 is 5.91 Å². The average molecular weight is 275 g/mol. The SMILES string of the molecule is CNC(CN(C)CC1CC1C)(C(N)=O)c1ccccc1. The van der Waals surface area contributed by atoms with E-state index in [4.69, 9.17) is 5.73 Å². The number of carbonyl (C=O) groups excluding carboxylic acids is 1. The van der Waals surface area contributed by atoms with Gasteiger partial charge in [-0.25, -0.2) is 0 Å². The molecule has 1 saturated carbocycles. The van der Waals surface area contributed by atoms with E-state index in [2.05, 4.69) is 24.2 Å². The van der Waals surface area contributed by atoms with E-state index in [0.717, 1.165) is 23.9 Å². The van der Waals surface area contributed by atoms with Crippen LogP contribution in [0.4, 0.5) is 0 Å². The predicted octanol–water partition coefficient (Wildman–Crippen LogP) is 1.17. The molecule has 0 heterocycles. The van der Waals surface area contributed by atoms with Crippen LogP contribution < -0.4 is 11.1 Å². The Morgan fingerprint density at radius 1 is 1.45 bits per heavy atom. The van der Waals surface area contributed by atoms with E-state index in [1.54, 1.807) is 7.05 Å². The summed E-state index contributed by atoms with van der Waals surface area (Å²) in [6.07, 6.45) is 1.29. The summed E-state index contributed by atoms with van der Waals surface area (Å²) in [4.78, 5) is 14.3. The molecular weight excluding hydrogens is 250 g/mol. The van der Waals surface area contributed by atoms with Gasteiger partial charge >= 0.3 is 0 Å². The normalized spacial score (nSPS) is 24.4. The van der Waals surface area contributed by atoms with Gasteiger partial charge in [0.25, 0.3) is 0 Å². The molecule has 0 aliphatic heterocycles. The van der Waals surface area contributed by atoms with E-state index >= 15 is 0 Å². The molecule has 1 aliphatic carbocycles. The van der Waals surface area contributed by atoms with Crippen molar-refractivity contribution in [2.24, 2.45) is 17.6 Å². The Hall–Kier alpha value is -1.39. The van der Waals surface area contributed by atoms with Crippen LogP contribution in [0, 0.1) is 11.8 Å². The molecule has 0 radical (unpaired) electrons. The number of likely N-dealkylation sites (N-methyl/N-ethyl adjacent to an activating group) is 2.